The van der Waals surface area contributed by atoms with Gasteiger partial charge in [0, 0.05) is 12.6 Å². The van der Waals surface area contributed by atoms with Gasteiger partial charge in [-0.1, -0.05) is 30.3 Å². The molecule has 0 N–H and O–H groups in total. The lowest BCUT2D eigenvalue weighted by Gasteiger charge is -2.35. The zero-order valence-electron chi connectivity index (χ0n) is 10.7. The summed E-state index contributed by atoms with van der Waals surface area (Å²) in [5.74, 6) is 0.264. The van der Waals surface area contributed by atoms with Gasteiger partial charge in [0.1, 0.15) is 0 Å². The molecule has 92 valence electrons. The molecule has 0 radical (unpaired) electrons. The minimum absolute atomic E-state index is 0.0169. The molecule has 0 aliphatic carbocycles. The molecule has 1 aliphatic rings. The fourth-order valence-corrected chi connectivity index (χ4v) is 2.56. The number of piperidine rings is 1. The molecule has 1 aromatic carbocycles. The maximum absolute atomic E-state index is 12.4. The Morgan fingerprint density at radius 2 is 2.00 bits per heavy atom. The third kappa shape index (κ3) is 2.68. The van der Waals surface area contributed by atoms with Crippen LogP contribution in [0, 0.1) is 0 Å². The van der Waals surface area contributed by atoms with Crippen LogP contribution in [-0.2, 0) is 4.79 Å². The molecule has 2 nitrogen and oxygen atoms in total. The van der Waals surface area contributed by atoms with Crippen LogP contribution in [0.15, 0.2) is 30.3 Å². The first-order valence-corrected chi connectivity index (χ1v) is 6.55. The second kappa shape index (κ2) is 5.35. The highest BCUT2D eigenvalue weighted by Gasteiger charge is 2.27. The van der Waals surface area contributed by atoms with Gasteiger partial charge in [-0.25, -0.2) is 0 Å². The Bertz CT molecular complexity index is 374. The van der Waals surface area contributed by atoms with E-state index < -0.39 is 0 Å². The van der Waals surface area contributed by atoms with Gasteiger partial charge in [-0.3, -0.25) is 4.79 Å². The van der Waals surface area contributed by atoms with Crippen molar-refractivity contribution in [2.75, 3.05) is 6.54 Å². The van der Waals surface area contributed by atoms with Gasteiger partial charge < -0.3 is 4.90 Å². The lowest BCUT2D eigenvalue weighted by Crippen LogP contribution is -2.43. The predicted octanol–water partition coefficient (Wildman–Crippen LogP) is 3.19. The molecule has 17 heavy (non-hydrogen) atoms. The average Bonchev–Trinajstić information content (AvgIpc) is 2.39. The molecule has 2 rings (SSSR count). The van der Waals surface area contributed by atoms with Gasteiger partial charge >= 0.3 is 0 Å². The van der Waals surface area contributed by atoms with Crippen molar-refractivity contribution < 1.29 is 4.79 Å². The van der Waals surface area contributed by atoms with Gasteiger partial charge in [-0.05, 0) is 38.7 Å². The molecule has 1 heterocycles. The summed E-state index contributed by atoms with van der Waals surface area (Å²) < 4.78 is 0. The largest absolute Gasteiger partial charge is 0.339 e. The molecule has 1 fully saturated rings. The molecular formula is C15H21NO. The summed E-state index contributed by atoms with van der Waals surface area (Å²) in [6, 6.07) is 10.5. The number of rotatable bonds is 2. The normalized spacial score (nSPS) is 22.2. The lowest BCUT2D eigenvalue weighted by molar-refractivity contribution is -0.135. The summed E-state index contributed by atoms with van der Waals surface area (Å²) in [5, 5.41) is 0. The summed E-state index contributed by atoms with van der Waals surface area (Å²) in [7, 11) is 0. The van der Waals surface area contributed by atoms with Crippen molar-refractivity contribution in [2.45, 2.75) is 45.1 Å². The first-order chi connectivity index (χ1) is 8.20. The minimum atomic E-state index is -0.0169. The van der Waals surface area contributed by atoms with Crippen LogP contribution < -0.4 is 0 Å². The summed E-state index contributed by atoms with van der Waals surface area (Å²) in [5.41, 5.74) is 1.12. The van der Waals surface area contributed by atoms with Crippen LogP contribution in [-0.4, -0.2) is 23.4 Å². The smallest absolute Gasteiger partial charge is 0.230 e. The van der Waals surface area contributed by atoms with E-state index in [0.717, 1.165) is 24.9 Å². The maximum Gasteiger partial charge on any atom is 0.230 e. The highest BCUT2D eigenvalue weighted by Crippen LogP contribution is 2.23. The Morgan fingerprint density at radius 1 is 1.29 bits per heavy atom. The van der Waals surface area contributed by atoms with Gasteiger partial charge in [0.15, 0.2) is 0 Å². The van der Waals surface area contributed by atoms with Crippen molar-refractivity contribution in [1.29, 1.82) is 0 Å². The quantitative estimate of drug-likeness (QED) is 0.765. The Hall–Kier alpha value is -1.31. The van der Waals surface area contributed by atoms with E-state index in [1.165, 1.54) is 6.42 Å². The molecule has 1 aromatic rings. The number of benzene rings is 1. The van der Waals surface area contributed by atoms with Crippen LogP contribution in [0.3, 0.4) is 0 Å². The maximum atomic E-state index is 12.4. The van der Waals surface area contributed by atoms with Crippen molar-refractivity contribution in [3.8, 4) is 0 Å². The highest BCUT2D eigenvalue weighted by atomic mass is 16.2. The second-order valence-electron chi connectivity index (χ2n) is 5.01. The number of hydrogen-bond donors (Lipinski definition) is 0. The summed E-state index contributed by atoms with van der Waals surface area (Å²) >= 11 is 0. The Labute approximate surface area is 104 Å². The van der Waals surface area contributed by atoms with E-state index in [4.69, 9.17) is 0 Å². The summed E-state index contributed by atoms with van der Waals surface area (Å²) in [6.45, 7) is 5.10. The molecule has 0 aromatic heterocycles. The molecule has 1 aliphatic heterocycles. The van der Waals surface area contributed by atoms with E-state index in [1.54, 1.807) is 0 Å². The fraction of sp³-hybridized carbons (Fsp3) is 0.533. The van der Waals surface area contributed by atoms with E-state index in [2.05, 4.69) is 11.8 Å². The van der Waals surface area contributed by atoms with Crippen LogP contribution in [0.2, 0.25) is 0 Å². The second-order valence-corrected chi connectivity index (χ2v) is 5.01. The first kappa shape index (κ1) is 12.2. The summed E-state index contributed by atoms with van der Waals surface area (Å²) in [4.78, 5) is 14.5. The topological polar surface area (TPSA) is 20.3 Å². The van der Waals surface area contributed by atoms with Gasteiger partial charge in [0.05, 0.1) is 5.92 Å². The predicted molar refractivity (Wildman–Crippen MR) is 69.9 cm³/mol. The molecule has 0 spiro atoms. The van der Waals surface area contributed by atoms with E-state index in [0.29, 0.717) is 6.04 Å². The van der Waals surface area contributed by atoms with Crippen molar-refractivity contribution in [3.05, 3.63) is 35.9 Å². The van der Waals surface area contributed by atoms with E-state index >= 15 is 0 Å². The lowest BCUT2D eigenvalue weighted by atomic mass is 9.96. The number of amides is 1. The molecule has 2 atom stereocenters. The van der Waals surface area contributed by atoms with Gasteiger partial charge in [0.2, 0.25) is 5.91 Å². The van der Waals surface area contributed by atoms with E-state index in [1.807, 2.05) is 37.3 Å². The van der Waals surface area contributed by atoms with Gasteiger partial charge in [0.25, 0.3) is 0 Å². The molecule has 0 saturated carbocycles. The highest BCUT2D eigenvalue weighted by molar-refractivity contribution is 5.83. The zero-order chi connectivity index (χ0) is 12.3. The molecule has 1 saturated heterocycles. The number of carbonyl (C=O) groups is 1. The van der Waals surface area contributed by atoms with Crippen LogP contribution in [0.4, 0.5) is 0 Å². The Morgan fingerprint density at radius 3 is 2.65 bits per heavy atom. The molecule has 0 unspecified atom stereocenters. The van der Waals surface area contributed by atoms with Crippen LogP contribution >= 0.6 is 0 Å². The van der Waals surface area contributed by atoms with Crippen LogP contribution in [0.25, 0.3) is 0 Å². The Balaban J connectivity index is 2.09. The number of carbonyl (C=O) groups excluding carboxylic acids is 1. The number of hydrogen-bond acceptors (Lipinski definition) is 1. The molecule has 1 amide bonds. The fourth-order valence-electron chi connectivity index (χ4n) is 2.56. The van der Waals surface area contributed by atoms with Crippen molar-refractivity contribution in [3.63, 3.8) is 0 Å². The Kier molecular flexibility index (Phi) is 3.82. The van der Waals surface area contributed by atoms with Crippen molar-refractivity contribution in [1.82, 2.24) is 4.90 Å². The zero-order valence-corrected chi connectivity index (χ0v) is 10.7. The molecule has 2 heteroatoms. The first-order valence-electron chi connectivity index (χ1n) is 6.55. The monoisotopic (exact) mass is 231 g/mol. The van der Waals surface area contributed by atoms with E-state index in [9.17, 15) is 4.79 Å². The number of likely N-dealkylation sites (tertiary alicyclic amines) is 1. The standard InChI is InChI=1S/C15H21NO/c1-12-8-6-7-11-16(12)15(17)13(2)14-9-4-3-5-10-14/h3-5,9-10,12-13H,6-8,11H2,1-2H3/t12-,13+/m1/s1. The number of nitrogens with zero attached hydrogens (tertiary/aromatic N) is 1. The minimum Gasteiger partial charge on any atom is -0.339 e. The molecule has 0 bridgehead atoms. The third-order valence-electron chi connectivity index (χ3n) is 3.76. The van der Waals surface area contributed by atoms with Crippen molar-refractivity contribution in [2.24, 2.45) is 0 Å². The van der Waals surface area contributed by atoms with Crippen molar-refractivity contribution >= 4 is 5.91 Å². The molecular weight excluding hydrogens is 210 g/mol. The summed E-state index contributed by atoms with van der Waals surface area (Å²) in [6.07, 6.45) is 3.55. The van der Waals surface area contributed by atoms with Crippen LogP contribution in [0.5, 0.6) is 0 Å². The van der Waals surface area contributed by atoms with Gasteiger partial charge in [-0.15, -0.1) is 0 Å². The SMILES string of the molecule is C[C@H](C(=O)N1CCCC[C@H]1C)c1ccccc1. The van der Waals surface area contributed by atoms with Gasteiger partial charge in [-0.2, -0.15) is 0 Å². The average molecular weight is 231 g/mol. The van der Waals surface area contributed by atoms with E-state index in [-0.39, 0.29) is 11.8 Å². The third-order valence-corrected chi connectivity index (χ3v) is 3.76. The van der Waals surface area contributed by atoms with Crippen LogP contribution in [0.1, 0.15) is 44.6 Å².